The standard InChI is InChI=1S/C27H40N4O4/c1-6-27(7-2)16-23(32)31(25(28)30-27)21(12-13-34-5)18-14-19(18)24(33)29-20-15-26(3,4)35-22-11-9-8-10-17(20)22/h8-11,18-21H,6-7,12-16H2,1-5H3,(H2,28,30)(H,29,33)/t18-,19-,20?,21+/m0/s1. The van der Waals surface area contributed by atoms with Crippen LogP contribution in [0.4, 0.5) is 0 Å². The number of hydrogen-bond acceptors (Lipinski definition) is 6. The highest BCUT2D eigenvalue weighted by molar-refractivity contribution is 5.99. The summed E-state index contributed by atoms with van der Waals surface area (Å²) < 4.78 is 11.5. The number of carbonyl (C=O) groups excluding carboxylic acids is 2. The van der Waals surface area contributed by atoms with E-state index < -0.39 is 5.54 Å². The highest BCUT2D eigenvalue weighted by atomic mass is 16.5. The van der Waals surface area contributed by atoms with Crippen LogP contribution in [0.2, 0.25) is 0 Å². The molecule has 0 radical (unpaired) electrons. The maximum atomic E-state index is 13.4. The molecule has 1 aliphatic carbocycles. The Hall–Kier alpha value is -2.61. The van der Waals surface area contributed by atoms with Crippen LogP contribution in [-0.4, -0.2) is 53.6 Å². The van der Waals surface area contributed by atoms with E-state index >= 15 is 0 Å². The Labute approximate surface area is 208 Å². The van der Waals surface area contributed by atoms with Gasteiger partial charge in [0.15, 0.2) is 5.96 Å². The van der Waals surface area contributed by atoms with Gasteiger partial charge >= 0.3 is 0 Å². The number of methoxy groups -OCH3 is 1. The van der Waals surface area contributed by atoms with Crippen molar-refractivity contribution in [3.8, 4) is 5.75 Å². The highest BCUT2D eigenvalue weighted by Crippen LogP contribution is 2.47. The SMILES string of the molecule is CCC1(CC)CC(=O)N([C@H](CCOC)[C@H]2C[C@@H]2C(=O)NC2CC(C)(C)Oc3ccccc32)C(N)=N1. The molecule has 35 heavy (non-hydrogen) atoms. The third-order valence-electron chi connectivity index (χ3n) is 7.98. The van der Waals surface area contributed by atoms with E-state index in [0.717, 1.165) is 30.6 Å². The van der Waals surface area contributed by atoms with Gasteiger partial charge in [-0.2, -0.15) is 0 Å². The molecule has 192 valence electrons. The van der Waals surface area contributed by atoms with Crippen molar-refractivity contribution in [1.82, 2.24) is 10.2 Å². The van der Waals surface area contributed by atoms with E-state index in [1.807, 2.05) is 52.0 Å². The predicted molar refractivity (Wildman–Crippen MR) is 135 cm³/mol. The average Bonchev–Trinajstić information content (AvgIpc) is 3.60. The normalized spacial score (nSPS) is 27.3. The summed E-state index contributed by atoms with van der Waals surface area (Å²) in [6.45, 7) is 8.66. The zero-order valence-electron chi connectivity index (χ0n) is 21.7. The molecule has 8 heteroatoms. The lowest BCUT2D eigenvalue weighted by Gasteiger charge is -2.40. The lowest BCUT2D eigenvalue weighted by atomic mass is 9.87. The van der Waals surface area contributed by atoms with Crippen LogP contribution in [0.3, 0.4) is 0 Å². The maximum absolute atomic E-state index is 13.4. The van der Waals surface area contributed by atoms with E-state index in [-0.39, 0.29) is 47.3 Å². The van der Waals surface area contributed by atoms with Crippen molar-refractivity contribution in [1.29, 1.82) is 0 Å². The first-order chi connectivity index (χ1) is 16.6. The predicted octanol–water partition coefficient (Wildman–Crippen LogP) is 3.55. The van der Waals surface area contributed by atoms with E-state index in [1.165, 1.54) is 0 Å². The Kier molecular flexibility index (Phi) is 7.13. The lowest BCUT2D eigenvalue weighted by Crippen LogP contribution is -2.56. The molecule has 3 aliphatic rings. The maximum Gasteiger partial charge on any atom is 0.231 e. The van der Waals surface area contributed by atoms with Gasteiger partial charge in [-0.3, -0.25) is 14.5 Å². The number of hydrogen-bond donors (Lipinski definition) is 2. The van der Waals surface area contributed by atoms with E-state index in [9.17, 15) is 9.59 Å². The summed E-state index contributed by atoms with van der Waals surface area (Å²) in [6.07, 6.45) is 3.92. The number of amides is 2. The minimum absolute atomic E-state index is 0.00605. The van der Waals surface area contributed by atoms with Gasteiger partial charge in [0.1, 0.15) is 11.4 Å². The second-order valence-electron chi connectivity index (χ2n) is 10.9. The van der Waals surface area contributed by atoms with Gasteiger partial charge in [0.05, 0.1) is 18.0 Å². The van der Waals surface area contributed by atoms with E-state index in [0.29, 0.717) is 25.9 Å². The van der Waals surface area contributed by atoms with Gasteiger partial charge in [-0.1, -0.05) is 32.0 Å². The Morgan fingerprint density at radius 1 is 1.31 bits per heavy atom. The first kappa shape index (κ1) is 25.5. The molecule has 8 nitrogen and oxygen atoms in total. The van der Waals surface area contributed by atoms with Crippen molar-refractivity contribution in [3.05, 3.63) is 29.8 Å². The van der Waals surface area contributed by atoms with Gasteiger partial charge in [-0.25, -0.2) is 4.99 Å². The molecule has 1 saturated carbocycles. The van der Waals surface area contributed by atoms with Crippen LogP contribution in [0, 0.1) is 11.8 Å². The van der Waals surface area contributed by atoms with Crippen LogP contribution in [0.5, 0.6) is 5.75 Å². The van der Waals surface area contributed by atoms with Crippen LogP contribution in [-0.2, 0) is 14.3 Å². The number of nitrogens with one attached hydrogen (secondary N) is 1. The van der Waals surface area contributed by atoms with Crippen molar-refractivity contribution in [2.45, 2.75) is 89.4 Å². The van der Waals surface area contributed by atoms with E-state index in [2.05, 4.69) is 5.32 Å². The molecule has 0 saturated heterocycles. The average molecular weight is 485 g/mol. The third-order valence-corrected chi connectivity index (χ3v) is 7.98. The van der Waals surface area contributed by atoms with E-state index in [1.54, 1.807) is 12.0 Å². The lowest BCUT2D eigenvalue weighted by molar-refractivity contribution is -0.133. The molecular formula is C27H40N4O4. The third kappa shape index (κ3) is 5.17. The summed E-state index contributed by atoms with van der Waals surface area (Å²) in [4.78, 5) is 33.1. The zero-order chi connectivity index (χ0) is 25.4. The zero-order valence-corrected chi connectivity index (χ0v) is 21.7. The van der Waals surface area contributed by atoms with Gasteiger partial charge in [0, 0.05) is 37.7 Å². The van der Waals surface area contributed by atoms with Crippen LogP contribution in [0.15, 0.2) is 29.3 Å². The highest BCUT2D eigenvalue weighted by Gasteiger charge is 2.53. The minimum Gasteiger partial charge on any atom is -0.487 e. The molecule has 0 spiro atoms. The molecule has 0 bridgehead atoms. The van der Waals surface area contributed by atoms with Crippen LogP contribution in [0.1, 0.15) is 77.8 Å². The molecule has 1 unspecified atom stereocenters. The Bertz CT molecular complexity index is 987. The van der Waals surface area contributed by atoms with Crippen LogP contribution >= 0.6 is 0 Å². The van der Waals surface area contributed by atoms with Gasteiger partial charge in [-0.05, 0) is 51.5 Å². The van der Waals surface area contributed by atoms with Crippen molar-refractivity contribution >= 4 is 17.8 Å². The first-order valence-electron chi connectivity index (χ1n) is 12.9. The molecule has 1 aromatic rings. The topological polar surface area (TPSA) is 106 Å². The number of guanidine groups is 1. The number of benzene rings is 1. The molecule has 4 rings (SSSR count). The Balaban J connectivity index is 1.50. The first-order valence-corrected chi connectivity index (χ1v) is 12.9. The fourth-order valence-electron chi connectivity index (χ4n) is 5.77. The Morgan fingerprint density at radius 2 is 2.03 bits per heavy atom. The summed E-state index contributed by atoms with van der Waals surface area (Å²) in [5.74, 6) is 0.968. The summed E-state index contributed by atoms with van der Waals surface area (Å²) in [7, 11) is 1.65. The second-order valence-corrected chi connectivity index (χ2v) is 10.9. The van der Waals surface area contributed by atoms with Gasteiger partial charge in [0.2, 0.25) is 11.8 Å². The summed E-state index contributed by atoms with van der Waals surface area (Å²) in [5.41, 5.74) is 6.60. The fraction of sp³-hybridized carbons (Fsp3) is 0.667. The van der Waals surface area contributed by atoms with Crippen LogP contribution < -0.4 is 15.8 Å². The number of fused-ring (bicyclic) bond motifs is 1. The van der Waals surface area contributed by atoms with Gasteiger partial charge in [0.25, 0.3) is 0 Å². The molecule has 2 aliphatic heterocycles. The minimum atomic E-state index is -0.424. The largest absolute Gasteiger partial charge is 0.487 e. The molecule has 2 heterocycles. The summed E-state index contributed by atoms with van der Waals surface area (Å²) in [6, 6.07) is 7.57. The molecule has 1 fully saturated rings. The van der Waals surface area contributed by atoms with Gasteiger partial charge < -0.3 is 20.5 Å². The van der Waals surface area contributed by atoms with E-state index in [4.69, 9.17) is 20.2 Å². The fourth-order valence-corrected chi connectivity index (χ4v) is 5.77. The summed E-state index contributed by atoms with van der Waals surface area (Å²) >= 11 is 0. The van der Waals surface area contributed by atoms with Crippen LogP contribution in [0.25, 0.3) is 0 Å². The van der Waals surface area contributed by atoms with Crippen molar-refractivity contribution in [2.24, 2.45) is 22.6 Å². The molecule has 4 atom stereocenters. The summed E-state index contributed by atoms with van der Waals surface area (Å²) in [5, 5.41) is 3.28. The van der Waals surface area contributed by atoms with Gasteiger partial charge in [-0.15, -0.1) is 0 Å². The quantitative estimate of drug-likeness (QED) is 0.558. The van der Waals surface area contributed by atoms with Crippen molar-refractivity contribution < 1.29 is 19.1 Å². The number of aliphatic imine (C=N–C) groups is 1. The smallest absolute Gasteiger partial charge is 0.231 e. The Morgan fingerprint density at radius 3 is 2.69 bits per heavy atom. The number of nitrogens with zero attached hydrogens (tertiary/aromatic N) is 2. The number of nitrogens with two attached hydrogens (primary N) is 1. The molecule has 3 N–H and O–H groups in total. The molecule has 1 aromatic carbocycles. The molecule has 0 aromatic heterocycles. The van der Waals surface area contributed by atoms with Crippen molar-refractivity contribution in [2.75, 3.05) is 13.7 Å². The monoisotopic (exact) mass is 484 g/mol. The molecular weight excluding hydrogens is 444 g/mol. The number of carbonyl (C=O) groups is 2. The number of ether oxygens (including phenoxy) is 2. The van der Waals surface area contributed by atoms with Crippen molar-refractivity contribution in [3.63, 3.8) is 0 Å². The number of para-hydroxylation sites is 1. The number of rotatable bonds is 9. The second kappa shape index (κ2) is 9.80. The molecule has 2 amide bonds.